The molecule has 1 N–H and O–H groups in total. The summed E-state index contributed by atoms with van der Waals surface area (Å²) in [4.78, 5) is 14.7. The third-order valence-electron chi connectivity index (χ3n) is 4.31. The Bertz CT molecular complexity index is 558. The monoisotopic (exact) mass is 334 g/mol. The minimum atomic E-state index is -0.159. The molecule has 134 valence electrons. The van der Waals surface area contributed by atoms with Crippen LogP contribution in [0.15, 0.2) is 18.2 Å². The first kappa shape index (κ1) is 18.6. The maximum absolute atomic E-state index is 12.3. The van der Waals surface area contributed by atoms with Gasteiger partial charge < -0.3 is 14.8 Å². The smallest absolute Gasteiger partial charge is 0.223 e. The summed E-state index contributed by atoms with van der Waals surface area (Å²) in [7, 11) is 3.30. The Labute approximate surface area is 145 Å². The van der Waals surface area contributed by atoms with Crippen molar-refractivity contribution in [3.8, 4) is 11.5 Å². The Morgan fingerprint density at radius 3 is 2.33 bits per heavy atom. The Morgan fingerprint density at radius 1 is 1.17 bits per heavy atom. The zero-order valence-corrected chi connectivity index (χ0v) is 15.5. The van der Waals surface area contributed by atoms with Gasteiger partial charge in [-0.15, -0.1) is 0 Å². The first-order valence-electron chi connectivity index (χ1n) is 8.57. The molecular formula is C19H30N2O3. The van der Waals surface area contributed by atoms with E-state index in [0.717, 1.165) is 44.0 Å². The molecule has 0 bridgehead atoms. The topological polar surface area (TPSA) is 50.8 Å². The largest absolute Gasteiger partial charge is 0.493 e. The second kappa shape index (κ2) is 7.88. The molecule has 1 saturated heterocycles. The molecule has 1 aromatic carbocycles. The van der Waals surface area contributed by atoms with Crippen molar-refractivity contribution in [1.82, 2.24) is 10.2 Å². The summed E-state index contributed by atoms with van der Waals surface area (Å²) in [6.07, 6.45) is 1.82. The summed E-state index contributed by atoms with van der Waals surface area (Å²) < 4.78 is 10.6. The molecule has 5 heteroatoms. The molecule has 0 unspecified atom stereocenters. The number of nitrogens with zero attached hydrogens (tertiary/aromatic N) is 1. The lowest BCUT2D eigenvalue weighted by Crippen LogP contribution is -2.46. The predicted octanol–water partition coefficient (Wildman–Crippen LogP) is 2.83. The minimum absolute atomic E-state index is 0.130. The number of carbonyl (C=O) groups is 1. The van der Waals surface area contributed by atoms with Crippen molar-refractivity contribution < 1.29 is 14.3 Å². The fourth-order valence-electron chi connectivity index (χ4n) is 3.06. The lowest BCUT2D eigenvalue weighted by molar-refractivity contribution is -0.127. The van der Waals surface area contributed by atoms with E-state index < -0.39 is 0 Å². The van der Waals surface area contributed by atoms with Crippen molar-refractivity contribution in [1.29, 1.82) is 0 Å². The molecule has 0 aromatic heterocycles. The first-order valence-corrected chi connectivity index (χ1v) is 8.57. The van der Waals surface area contributed by atoms with Gasteiger partial charge in [-0.05, 0) is 64.4 Å². The highest BCUT2D eigenvalue weighted by Crippen LogP contribution is 2.28. The van der Waals surface area contributed by atoms with Crippen LogP contribution in [0.1, 0.15) is 39.2 Å². The Balaban J connectivity index is 1.88. The minimum Gasteiger partial charge on any atom is -0.493 e. The number of piperidine rings is 1. The van der Waals surface area contributed by atoms with E-state index in [0.29, 0.717) is 0 Å². The lowest BCUT2D eigenvalue weighted by atomic mass is 9.94. The second-order valence-corrected chi connectivity index (χ2v) is 7.48. The lowest BCUT2D eigenvalue weighted by Gasteiger charge is -2.33. The molecule has 5 nitrogen and oxygen atoms in total. The van der Waals surface area contributed by atoms with E-state index in [9.17, 15) is 4.79 Å². The van der Waals surface area contributed by atoms with Gasteiger partial charge in [-0.2, -0.15) is 0 Å². The molecule has 0 saturated carbocycles. The number of methoxy groups -OCH3 is 2. The molecule has 0 aliphatic carbocycles. The van der Waals surface area contributed by atoms with Crippen LogP contribution in [0.25, 0.3) is 0 Å². The van der Waals surface area contributed by atoms with Gasteiger partial charge in [-0.3, -0.25) is 9.69 Å². The second-order valence-electron chi connectivity index (χ2n) is 7.48. The Kier molecular flexibility index (Phi) is 6.10. The zero-order chi connectivity index (χ0) is 17.7. The molecule has 1 aliphatic rings. The highest BCUT2D eigenvalue weighted by atomic mass is 16.5. The van der Waals surface area contributed by atoms with E-state index in [-0.39, 0.29) is 17.4 Å². The van der Waals surface area contributed by atoms with E-state index in [2.05, 4.69) is 16.3 Å². The van der Waals surface area contributed by atoms with E-state index >= 15 is 0 Å². The quantitative estimate of drug-likeness (QED) is 0.900. The standard InChI is InChI=1S/C19H30N2O3/c1-19(2,3)20-18(22)15-8-10-21(11-9-15)13-14-6-7-16(23-4)17(12-14)24-5/h6-7,12,15H,8-11,13H2,1-5H3,(H,20,22). The molecule has 1 aromatic rings. The van der Waals surface area contributed by atoms with Crippen LogP contribution in [-0.4, -0.2) is 43.7 Å². The van der Waals surface area contributed by atoms with Gasteiger partial charge in [0.25, 0.3) is 0 Å². The summed E-state index contributed by atoms with van der Waals surface area (Å²) in [5.41, 5.74) is 1.04. The number of benzene rings is 1. The fraction of sp³-hybridized carbons (Fsp3) is 0.632. The number of ether oxygens (including phenoxy) is 2. The molecular weight excluding hydrogens is 304 g/mol. The maximum Gasteiger partial charge on any atom is 0.223 e. The van der Waals surface area contributed by atoms with Crippen LogP contribution in [0, 0.1) is 5.92 Å². The van der Waals surface area contributed by atoms with Crippen molar-refractivity contribution in [3.63, 3.8) is 0 Å². The van der Waals surface area contributed by atoms with Gasteiger partial charge in [-0.25, -0.2) is 0 Å². The molecule has 1 fully saturated rings. The van der Waals surface area contributed by atoms with Crippen LogP contribution >= 0.6 is 0 Å². The number of hydrogen-bond acceptors (Lipinski definition) is 4. The third-order valence-corrected chi connectivity index (χ3v) is 4.31. The van der Waals surface area contributed by atoms with Crippen LogP contribution in [0.2, 0.25) is 0 Å². The summed E-state index contributed by atoms with van der Waals surface area (Å²) in [5.74, 6) is 1.83. The van der Waals surface area contributed by atoms with E-state index in [1.807, 2.05) is 32.9 Å². The molecule has 1 aliphatic heterocycles. The maximum atomic E-state index is 12.3. The van der Waals surface area contributed by atoms with Crippen molar-refractivity contribution in [2.24, 2.45) is 5.92 Å². The van der Waals surface area contributed by atoms with Crippen molar-refractivity contribution in [3.05, 3.63) is 23.8 Å². The van der Waals surface area contributed by atoms with Gasteiger partial charge >= 0.3 is 0 Å². The van der Waals surface area contributed by atoms with Crippen molar-refractivity contribution >= 4 is 5.91 Å². The van der Waals surface area contributed by atoms with Gasteiger partial charge in [0.2, 0.25) is 5.91 Å². The molecule has 1 amide bonds. The molecule has 0 spiro atoms. The summed E-state index contributed by atoms with van der Waals surface area (Å²) in [6.45, 7) is 8.83. The van der Waals surface area contributed by atoms with E-state index in [1.165, 1.54) is 5.56 Å². The van der Waals surface area contributed by atoms with Crippen LogP contribution in [-0.2, 0) is 11.3 Å². The van der Waals surface area contributed by atoms with Crippen LogP contribution in [0.5, 0.6) is 11.5 Å². The van der Waals surface area contributed by atoms with Gasteiger partial charge in [0.15, 0.2) is 11.5 Å². The van der Waals surface area contributed by atoms with Gasteiger partial charge in [-0.1, -0.05) is 6.07 Å². The first-order chi connectivity index (χ1) is 11.3. The fourth-order valence-corrected chi connectivity index (χ4v) is 3.06. The number of hydrogen-bond donors (Lipinski definition) is 1. The SMILES string of the molecule is COc1ccc(CN2CCC(C(=O)NC(C)(C)C)CC2)cc1OC. The van der Waals surface area contributed by atoms with Crippen LogP contribution in [0.3, 0.4) is 0 Å². The summed E-state index contributed by atoms with van der Waals surface area (Å²) in [5, 5.41) is 3.09. The average molecular weight is 334 g/mol. The number of amides is 1. The van der Waals surface area contributed by atoms with E-state index in [4.69, 9.17) is 9.47 Å². The molecule has 0 radical (unpaired) electrons. The van der Waals surface area contributed by atoms with E-state index in [1.54, 1.807) is 14.2 Å². The Hall–Kier alpha value is -1.75. The molecule has 1 heterocycles. The molecule has 2 rings (SSSR count). The normalized spacial score (nSPS) is 16.7. The van der Waals surface area contributed by atoms with Crippen molar-refractivity contribution in [2.75, 3.05) is 27.3 Å². The number of rotatable bonds is 5. The third kappa shape index (κ3) is 5.13. The predicted molar refractivity (Wildman–Crippen MR) is 95.4 cm³/mol. The average Bonchev–Trinajstić information content (AvgIpc) is 2.53. The van der Waals surface area contributed by atoms with Crippen molar-refractivity contribution in [2.45, 2.75) is 45.7 Å². The van der Waals surface area contributed by atoms with Crippen LogP contribution < -0.4 is 14.8 Å². The van der Waals surface area contributed by atoms with Gasteiger partial charge in [0, 0.05) is 18.0 Å². The highest BCUT2D eigenvalue weighted by molar-refractivity contribution is 5.79. The van der Waals surface area contributed by atoms with Gasteiger partial charge in [0.05, 0.1) is 14.2 Å². The number of carbonyl (C=O) groups excluding carboxylic acids is 1. The Morgan fingerprint density at radius 2 is 1.79 bits per heavy atom. The summed E-state index contributed by atoms with van der Waals surface area (Å²) in [6, 6.07) is 6.04. The summed E-state index contributed by atoms with van der Waals surface area (Å²) >= 11 is 0. The number of nitrogens with one attached hydrogen (secondary N) is 1. The van der Waals surface area contributed by atoms with Gasteiger partial charge in [0.1, 0.15) is 0 Å². The highest BCUT2D eigenvalue weighted by Gasteiger charge is 2.27. The zero-order valence-electron chi connectivity index (χ0n) is 15.5. The van der Waals surface area contributed by atoms with Crippen LogP contribution in [0.4, 0.5) is 0 Å². The number of likely N-dealkylation sites (tertiary alicyclic amines) is 1. The molecule has 24 heavy (non-hydrogen) atoms. The molecule has 0 atom stereocenters.